The first-order chi connectivity index (χ1) is 15.0. The smallest absolute Gasteiger partial charge is 0.371 e. The quantitative estimate of drug-likeness (QED) is 0.417. The number of carboxylic acid groups (broad SMARTS) is 1. The van der Waals surface area contributed by atoms with Crippen LogP contribution in [0.5, 0.6) is 11.5 Å². The van der Waals surface area contributed by atoms with E-state index in [9.17, 15) is 14.9 Å². The number of carbonyl (C=O) groups excluding carboxylic acids is 1. The van der Waals surface area contributed by atoms with Gasteiger partial charge in [-0.25, -0.2) is 4.79 Å². The number of carbonyl (C=O) groups is 2. The molecule has 1 amide bonds. The predicted octanol–water partition coefficient (Wildman–Crippen LogP) is 4.11. The van der Waals surface area contributed by atoms with E-state index >= 15 is 0 Å². The summed E-state index contributed by atoms with van der Waals surface area (Å²) in [5, 5.41) is 20.9. The van der Waals surface area contributed by atoms with Crippen molar-refractivity contribution in [2.45, 2.75) is 6.61 Å². The summed E-state index contributed by atoms with van der Waals surface area (Å²) < 4.78 is 16.1. The van der Waals surface area contributed by atoms with Gasteiger partial charge in [0.2, 0.25) is 5.76 Å². The number of ether oxygens (including phenoxy) is 2. The van der Waals surface area contributed by atoms with E-state index < -0.39 is 11.9 Å². The number of anilines is 1. The van der Waals surface area contributed by atoms with E-state index in [1.807, 2.05) is 12.1 Å². The Morgan fingerprint density at radius 2 is 1.90 bits per heavy atom. The molecule has 2 N–H and O–H groups in total. The van der Waals surface area contributed by atoms with Gasteiger partial charge in [0.1, 0.15) is 24.0 Å². The standard InChI is InChI=1S/C23H18N2O6/c1-29-21-12-15(11-16(13-24)22(26)25-17-5-3-2-4-6-17)7-9-19(21)30-14-18-8-10-20(31-18)23(27)28/h2-12H,14H2,1H3,(H,25,26)(H,27,28). The van der Waals surface area contributed by atoms with E-state index in [0.29, 0.717) is 28.5 Å². The Kier molecular flexibility index (Phi) is 6.71. The number of rotatable bonds is 8. The summed E-state index contributed by atoms with van der Waals surface area (Å²) in [7, 11) is 1.46. The molecule has 8 heteroatoms. The molecule has 2 aromatic carbocycles. The number of nitrogens with zero attached hydrogens (tertiary/aromatic N) is 1. The number of furan rings is 1. The predicted molar refractivity (Wildman–Crippen MR) is 112 cm³/mol. The molecular weight excluding hydrogens is 400 g/mol. The molecule has 0 aliphatic carbocycles. The summed E-state index contributed by atoms with van der Waals surface area (Å²) in [6.45, 7) is 0.00174. The van der Waals surface area contributed by atoms with E-state index in [0.717, 1.165) is 0 Å². The van der Waals surface area contributed by atoms with Crippen molar-refractivity contribution in [3.05, 3.63) is 83.3 Å². The van der Waals surface area contributed by atoms with Crippen LogP contribution in [-0.2, 0) is 11.4 Å². The molecule has 3 aromatic rings. The fraction of sp³-hybridized carbons (Fsp3) is 0.0870. The van der Waals surface area contributed by atoms with Gasteiger partial charge in [0.05, 0.1) is 7.11 Å². The van der Waals surface area contributed by atoms with Gasteiger partial charge in [-0.1, -0.05) is 24.3 Å². The number of nitriles is 1. The van der Waals surface area contributed by atoms with Crippen molar-refractivity contribution in [3.8, 4) is 17.6 Å². The summed E-state index contributed by atoms with van der Waals surface area (Å²) in [4.78, 5) is 23.2. The average molecular weight is 418 g/mol. The van der Waals surface area contributed by atoms with Crippen molar-refractivity contribution in [1.29, 1.82) is 5.26 Å². The molecule has 1 aromatic heterocycles. The van der Waals surface area contributed by atoms with Crippen LogP contribution in [0.1, 0.15) is 21.9 Å². The fourth-order valence-electron chi connectivity index (χ4n) is 2.65. The van der Waals surface area contributed by atoms with E-state index in [4.69, 9.17) is 19.0 Å². The zero-order valence-electron chi connectivity index (χ0n) is 16.5. The van der Waals surface area contributed by atoms with E-state index in [2.05, 4.69) is 5.32 Å². The van der Waals surface area contributed by atoms with Crippen molar-refractivity contribution < 1.29 is 28.6 Å². The first-order valence-electron chi connectivity index (χ1n) is 9.11. The molecule has 3 rings (SSSR count). The summed E-state index contributed by atoms with van der Waals surface area (Å²) in [6, 6.07) is 18.5. The van der Waals surface area contributed by atoms with Crippen LogP contribution < -0.4 is 14.8 Å². The average Bonchev–Trinajstić information content (AvgIpc) is 3.26. The zero-order chi connectivity index (χ0) is 22.2. The monoisotopic (exact) mass is 418 g/mol. The van der Waals surface area contributed by atoms with Gasteiger partial charge in [-0.05, 0) is 48.0 Å². The summed E-state index contributed by atoms with van der Waals surface area (Å²) >= 11 is 0. The number of benzene rings is 2. The summed E-state index contributed by atoms with van der Waals surface area (Å²) in [5.41, 5.74) is 1.07. The summed E-state index contributed by atoms with van der Waals surface area (Å²) in [6.07, 6.45) is 1.44. The lowest BCUT2D eigenvalue weighted by atomic mass is 10.1. The van der Waals surface area contributed by atoms with Gasteiger partial charge < -0.3 is 24.3 Å². The highest BCUT2D eigenvalue weighted by atomic mass is 16.5. The maximum absolute atomic E-state index is 12.4. The van der Waals surface area contributed by atoms with Crippen LogP contribution in [0.3, 0.4) is 0 Å². The van der Waals surface area contributed by atoms with E-state index in [-0.39, 0.29) is 17.9 Å². The SMILES string of the molecule is COc1cc(C=C(C#N)C(=O)Nc2ccccc2)ccc1OCc1ccc(C(=O)O)o1. The van der Waals surface area contributed by atoms with Crippen molar-refractivity contribution >= 4 is 23.6 Å². The molecule has 31 heavy (non-hydrogen) atoms. The largest absolute Gasteiger partial charge is 0.493 e. The minimum Gasteiger partial charge on any atom is -0.493 e. The Morgan fingerprint density at radius 3 is 2.55 bits per heavy atom. The minimum absolute atomic E-state index is 0.00174. The van der Waals surface area contributed by atoms with Gasteiger partial charge in [-0.15, -0.1) is 0 Å². The second-order valence-corrected chi connectivity index (χ2v) is 6.26. The third kappa shape index (κ3) is 5.52. The highest BCUT2D eigenvalue weighted by Gasteiger charge is 2.13. The molecular formula is C23H18N2O6. The molecule has 156 valence electrons. The molecule has 0 bridgehead atoms. The third-order valence-electron chi connectivity index (χ3n) is 4.14. The number of hydrogen-bond acceptors (Lipinski definition) is 6. The lowest BCUT2D eigenvalue weighted by Gasteiger charge is -2.10. The van der Waals surface area contributed by atoms with Gasteiger partial charge in [0.15, 0.2) is 11.5 Å². The van der Waals surface area contributed by atoms with Crippen LogP contribution in [0.2, 0.25) is 0 Å². The van der Waals surface area contributed by atoms with Crippen molar-refractivity contribution in [3.63, 3.8) is 0 Å². The zero-order valence-corrected chi connectivity index (χ0v) is 16.5. The minimum atomic E-state index is -1.16. The van der Waals surface area contributed by atoms with Gasteiger partial charge in [-0.3, -0.25) is 4.79 Å². The Morgan fingerprint density at radius 1 is 1.13 bits per heavy atom. The molecule has 0 saturated carbocycles. The molecule has 0 aliphatic heterocycles. The van der Waals surface area contributed by atoms with Crippen LogP contribution in [0.4, 0.5) is 5.69 Å². The molecule has 0 fully saturated rings. The molecule has 0 aliphatic rings. The first-order valence-corrected chi connectivity index (χ1v) is 9.11. The van der Waals surface area contributed by atoms with Crippen LogP contribution >= 0.6 is 0 Å². The number of carboxylic acids is 1. The third-order valence-corrected chi connectivity index (χ3v) is 4.14. The van der Waals surface area contributed by atoms with Crippen molar-refractivity contribution in [1.82, 2.24) is 0 Å². The topological polar surface area (TPSA) is 122 Å². The number of para-hydroxylation sites is 1. The van der Waals surface area contributed by atoms with Crippen LogP contribution in [0.25, 0.3) is 6.08 Å². The lowest BCUT2D eigenvalue weighted by molar-refractivity contribution is -0.112. The molecule has 0 unspecified atom stereocenters. The Labute approximate surface area is 177 Å². The molecule has 0 atom stereocenters. The van der Waals surface area contributed by atoms with Gasteiger partial charge >= 0.3 is 5.97 Å². The van der Waals surface area contributed by atoms with Crippen LogP contribution in [0, 0.1) is 11.3 Å². The van der Waals surface area contributed by atoms with Crippen LogP contribution in [0.15, 0.2) is 70.7 Å². The molecule has 1 heterocycles. The lowest BCUT2D eigenvalue weighted by Crippen LogP contribution is -2.13. The Balaban J connectivity index is 1.73. The molecule has 8 nitrogen and oxygen atoms in total. The summed E-state index contributed by atoms with van der Waals surface area (Å²) in [5.74, 6) is -0.763. The van der Waals surface area contributed by atoms with Crippen molar-refractivity contribution in [2.75, 3.05) is 12.4 Å². The normalized spacial score (nSPS) is 10.8. The first kappa shape index (κ1) is 21.2. The molecule has 0 radical (unpaired) electrons. The number of aromatic carboxylic acids is 1. The van der Waals surface area contributed by atoms with Gasteiger partial charge in [0.25, 0.3) is 5.91 Å². The maximum Gasteiger partial charge on any atom is 0.371 e. The number of amides is 1. The Bertz CT molecular complexity index is 1160. The van der Waals surface area contributed by atoms with E-state index in [1.165, 1.54) is 25.3 Å². The second kappa shape index (κ2) is 9.80. The fourth-order valence-corrected chi connectivity index (χ4v) is 2.65. The number of hydrogen-bond donors (Lipinski definition) is 2. The highest BCUT2D eigenvalue weighted by Crippen LogP contribution is 2.30. The van der Waals surface area contributed by atoms with Crippen molar-refractivity contribution in [2.24, 2.45) is 0 Å². The van der Waals surface area contributed by atoms with Gasteiger partial charge in [-0.2, -0.15) is 5.26 Å². The second-order valence-electron chi connectivity index (χ2n) is 6.26. The van der Waals surface area contributed by atoms with Gasteiger partial charge in [0, 0.05) is 5.69 Å². The van der Waals surface area contributed by atoms with Crippen LogP contribution in [-0.4, -0.2) is 24.1 Å². The molecule has 0 spiro atoms. The number of nitrogens with one attached hydrogen (secondary N) is 1. The molecule has 0 saturated heterocycles. The Hall–Kier alpha value is -4.51. The highest BCUT2D eigenvalue weighted by molar-refractivity contribution is 6.09. The maximum atomic E-state index is 12.4. The van der Waals surface area contributed by atoms with E-state index in [1.54, 1.807) is 42.5 Å². The number of methoxy groups -OCH3 is 1.